The maximum Gasteiger partial charge on any atom is 0.314 e. The van der Waals surface area contributed by atoms with Crippen molar-refractivity contribution in [2.75, 3.05) is 13.1 Å². The first-order valence-electron chi connectivity index (χ1n) is 6.71. The number of nitrogens with zero attached hydrogens (tertiary/aromatic N) is 2. The minimum Gasteiger partial charge on any atom is -0.338 e. The van der Waals surface area contributed by atoms with Gasteiger partial charge in [-0.2, -0.15) is 0 Å². The van der Waals surface area contributed by atoms with Crippen molar-refractivity contribution in [3.63, 3.8) is 0 Å². The molecule has 2 amide bonds. The number of urea groups is 1. The lowest BCUT2D eigenvalue weighted by molar-refractivity contribution is 0.241. The van der Waals surface area contributed by atoms with Gasteiger partial charge in [0.1, 0.15) is 5.82 Å². The van der Waals surface area contributed by atoms with Gasteiger partial charge in [0.2, 0.25) is 0 Å². The van der Waals surface area contributed by atoms with Gasteiger partial charge in [0.05, 0.1) is 0 Å². The number of amides is 2. The van der Waals surface area contributed by atoms with Gasteiger partial charge in [-0.1, -0.05) is 13.8 Å². The molecule has 1 aromatic rings. The van der Waals surface area contributed by atoms with E-state index in [-0.39, 0.29) is 6.03 Å². The number of hydrogen-bond acceptors (Lipinski definition) is 2. The maximum absolute atomic E-state index is 11.4. The second-order valence-electron chi connectivity index (χ2n) is 4.40. The Morgan fingerprint density at radius 1 is 1.28 bits per heavy atom. The third-order valence-corrected chi connectivity index (χ3v) is 2.75. The molecule has 18 heavy (non-hydrogen) atoms. The van der Waals surface area contributed by atoms with Gasteiger partial charge in [-0.15, -0.1) is 0 Å². The summed E-state index contributed by atoms with van der Waals surface area (Å²) in [4.78, 5) is 15.7. The molecule has 2 N–H and O–H groups in total. The van der Waals surface area contributed by atoms with E-state index in [4.69, 9.17) is 0 Å². The van der Waals surface area contributed by atoms with Crippen molar-refractivity contribution in [3.05, 3.63) is 17.7 Å². The van der Waals surface area contributed by atoms with Gasteiger partial charge in [0.25, 0.3) is 0 Å². The monoisotopic (exact) mass is 252 g/mol. The third-order valence-electron chi connectivity index (χ3n) is 2.75. The molecule has 0 saturated heterocycles. The van der Waals surface area contributed by atoms with Crippen molar-refractivity contribution < 1.29 is 4.79 Å². The molecule has 1 rings (SSSR count). The first kappa shape index (κ1) is 14.5. The number of aromatic nitrogens is 2. The number of carbonyl (C=O) groups excluding carboxylic acids is 1. The van der Waals surface area contributed by atoms with E-state index < -0.39 is 0 Å². The van der Waals surface area contributed by atoms with E-state index in [1.807, 2.05) is 13.1 Å². The lowest BCUT2D eigenvalue weighted by Gasteiger charge is -2.09. The molecule has 0 aromatic carbocycles. The van der Waals surface area contributed by atoms with Gasteiger partial charge in [-0.05, 0) is 19.8 Å². The lowest BCUT2D eigenvalue weighted by atomic mass is 10.3. The van der Waals surface area contributed by atoms with Crippen LogP contribution in [0.25, 0.3) is 0 Å². The van der Waals surface area contributed by atoms with Gasteiger partial charge >= 0.3 is 6.03 Å². The molecule has 1 heterocycles. The van der Waals surface area contributed by atoms with Crippen LogP contribution in [0, 0.1) is 6.92 Å². The number of imidazole rings is 1. The van der Waals surface area contributed by atoms with E-state index in [1.165, 1.54) is 5.69 Å². The zero-order valence-electron chi connectivity index (χ0n) is 11.6. The SMILES string of the molecule is CCCNC(=O)NCCc1ncc(C)n1CCC. The van der Waals surface area contributed by atoms with E-state index >= 15 is 0 Å². The van der Waals surface area contributed by atoms with Crippen LogP contribution in [0.4, 0.5) is 4.79 Å². The van der Waals surface area contributed by atoms with Crippen LogP contribution < -0.4 is 10.6 Å². The molecule has 0 aliphatic rings. The van der Waals surface area contributed by atoms with Crippen LogP contribution in [-0.4, -0.2) is 28.7 Å². The normalized spacial score (nSPS) is 10.4. The summed E-state index contributed by atoms with van der Waals surface area (Å²) in [5, 5.41) is 5.63. The molecule has 0 bridgehead atoms. The van der Waals surface area contributed by atoms with Gasteiger partial charge in [0, 0.05) is 37.9 Å². The molecule has 0 atom stereocenters. The fraction of sp³-hybridized carbons (Fsp3) is 0.692. The Balaban J connectivity index is 2.37. The Kier molecular flexibility index (Phi) is 6.25. The minimum atomic E-state index is -0.0952. The molecule has 1 aromatic heterocycles. The summed E-state index contributed by atoms with van der Waals surface area (Å²) in [7, 11) is 0. The quantitative estimate of drug-likeness (QED) is 0.778. The molecule has 0 spiro atoms. The van der Waals surface area contributed by atoms with E-state index in [1.54, 1.807) is 0 Å². The van der Waals surface area contributed by atoms with Gasteiger partial charge in [-0.25, -0.2) is 9.78 Å². The molecule has 0 saturated carbocycles. The van der Waals surface area contributed by atoms with E-state index in [9.17, 15) is 4.79 Å². The first-order valence-corrected chi connectivity index (χ1v) is 6.71. The van der Waals surface area contributed by atoms with Crippen LogP contribution in [0.5, 0.6) is 0 Å². The maximum atomic E-state index is 11.4. The van der Waals surface area contributed by atoms with Crippen LogP contribution in [0.15, 0.2) is 6.20 Å². The Morgan fingerprint density at radius 3 is 2.67 bits per heavy atom. The number of aryl methyl sites for hydroxylation is 1. The lowest BCUT2D eigenvalue weighted by Crippen LogP contribution is -2.37. The fourth-order valence-electron chi connectivity index (χ4n) is 1.83. The van der Waals surface area contributed by atoms with Gasteiger partial charge < -0.3 is 15.2 Å². The predicted molar refractivity (Wildman–Crippen MR) is 72.7 cm³/mol. The molecule has 0 aliphatic carbocycles. The summed E-state index contributed by atoms with van der Waals surface area (Å²) in [6.45, 7) is 8.58. The highest BCUT2D eigenvalue weighted by atomic mass is 16.2. The first-order chi connectivity index (χ1) is 8.69. The Labute approximate surface area is 109 Å². The van der Waals surface area contributed by atoms with Crippen LogP contribution in [0.1, 0.15) is 38.2 Å². The van der Waals surface area contributed by atoms with Crippen LogP contribution >= 0.6 is 0 Å². The van der Waals surface area contributed by atoms with Crippen LogP contribution in [0.3, 0.4) is 0 Å². The van der Waals surface area contributed by atoms with Crippen molar-refractivity contribution in [2.24, 2.45) is 0 Å². The highest BCUT2D eigenvalue weighted by molar-refractivity contribution is 5.73. The van der Waals surface area contributed by atoms with E-state index in [0.29, 0.717) is 6.54 Å². The molecule has 102 valence electrons. The second kappa shape index (κ2) is 7.74. The minimum absolute atomic E-state index is 0.0952. The summed E-state index contributed by atoms with van der Waals surface area (Å²) in [6.07, 6.45) is 4.71. The van der Waals surface area contributed by atoms with Crippen molar-refractivity contribution in [1.29, 1.82) is 0 Å². The average molecular weight is 252 g/mol. The highest BCUT2D eigenvalue weighted by Gasteiger charge is 2.06. The summed E-state index contributed by atoms with van der Waals surface area (Å²) in [5.74, 6) is 1.05. The standard InChI is InChI=1S/C13H24N4O/c1-4-7-14-13(18)15-8-6-12-16-10-11(3)17(12)9-5-2/h10H,4-9H2,1-3H3,(H2,14,15,18). The van der Waals surface area contributed by atoms with Gasteiger partial charge in [0.15, 0.2) is 0 Å². The zero-order chi connectivity index (χ0) is 13.4. The third kappa shape index (κ3) is 4.39. The topological polar surface area (TPSA) is 59.0 Å². The number of rotatable bonds is 7. The molecule has 5 heteroatoms. The smallest absolute Gasteiger partial charge is 0.314 e. The van der Waals surface area contributed by atoms with Crippen molar-refractivity contribution in [1.82, 2.24) is 20.2 Å². The largest absolute Gasteiger partial charge is 0.338 e. The summed E-state index contributed by atoms with van der Waals surface area (Å²) in [5.41, 5.74) is 1.18. The van der Waals surface area contributed by atoms with Crippen molar-refractivity contribution in [2.45, 2.75) is 46.6 Å². The average Bonchev–Trinajstić information content (AvgIpc) is 2.69. The van der Waals surface area contributed by atoms with Crippen LogP contribution in [0.2, 0.25) is 0 Å². The van der Waals surface area contributed by atoms with Crippen molar-refractivity contribution >= 4 is 6.03 Å². The number of carbonyl (C=O) groups is 1. The summed E-state index contributed by atoms with van der Waals surface area (Å²) >= 11 is 0. The summed E-state index contributed by atoms with van der Waals surface area (Å²) in [6, 6.07) is -0.0952. The Morgan fingerprint density at radius 2 is 2.00 bits per heavy atom. The molecule has 0 aliphatic heterocycles. The zero-order valence-corrected chi connectivity index (χ0v) is 11.6. The second-order valence-corrected chi connectivity index (χ2v) is 4.40. The molecular weight excluding hydrogens is 228 g/mol. The summed E-state index contributed by atoms with van der Waals surface area (Å²) < 4.78 is 2.21. The molecule has 5 nitrogen and oxygen atoms in total. The van der Waals surface area contributed by atoms with Crippen molar-refractivity contribution in [3.8, 4) is 0 Å². The van der Waals surface area contributed by atoms with E-state index in [2.05, 4.69) is 34.0 Å². The molecule has 0 radical (unpaired) electrons. The number of nitrogens with one attached hydrogen (secondary N) is 2. The highest BCUT2D eigenvalue weighted by Crippen LogP contribution is 2.05. The molecular formula is C13H24N4O. The predicted octanol–water partition coefficient (Wildman–Crippen LogP) is 1.85. The fourth-order valence-corrected chi connectivity index (χ4v) is 1.83. The van der Waals surface area contributed by atoms with E-state index in [0.717, 1.165) is 38.2 Å². The molecule has 0 fully saturated rings. The molecule has 0 unspecified atom stereocenters. The van der Waals surface area contributed by atoms with Crippen LogP contribution in [-0.2, 0) is 13.0 Å². The van der Waals surface area contributed by atoms with Gasteiger partial charge in [-0.3, -0.25) is 0 Å². The Bertz CT molecular complexity index is 373. The number of hydrogen-bond donors (Lipinski definition) is 2. The Hall–Kier alpha value is -1.52.